The number of benzene rings is 1. The normalized spacial score (nSPS) is 10.8. The molecule has 6 heteroatoms. The Kier molecular flexibility index (Phi) is 7.79. The molecule has 1 aromatic heterocycles. The van der Waals surface area contributed by atoms with Gasteiger partial charge >= 0.3 is 0 Å². The number of fused-ring (bicyclic) bond motifs is 1. The van der Waals surface area contributed by atoms with Crippen LogP contribution in [0.25, 0.3) is 10.9 Å². The summed E-state index contributed by atoms with van der Waals surface area (Å²) in [5.74, 6) is 0.385. The predicted molar refractivity (Wildman–Crippen MR) is 95.6 cm³/mol. The van der Waals surface area contributed by atoms with Crippen molar-refractivity contribution < 1.29 is 14.3 Å². The summed E-state index contributed by atoms with van der Waals surface area (Å²) in [6.07, 6.45) is 4.66. The van der Waals surface area contributed by atoms with Crippen molar-refractivity contribution in [1.82, 2.24) is 10.3 Å². The fourth-order valence-corrected chi connectivity index (χ4v) is 2.39. The number of unbranched alkanes of at least 4 members (excludes halogenated alkanes) is 1. The summed E-state index contributed by atoms with van der Waals surface area (Å²) in [5, 5.41) is 4.23. The number of pyridine rings is 1. The molecule has 0 saturated heterocycles. The minimum absolute atomic E-state index is 0.0516. The molecule has 0 atom stereocenters. The molecule has 130 valence electrons. The van der Waals surface area contributed by atoms with Crippen molar-refractivity contribution in [3.63, 3.8) is 0 Å². The summed E-state index contributed by atoms with van der Waals surface area (Å²) in [4.78, 5) is 16.1. The number of nitrogens with zero attached hydrogens (tertiary/aromatic N) is 1. The Bertz CT molecular complexity index is 664. The third kappa shape index (κ3) is 5.65. The highest BCUT2D eigenvalue weighted by molar-refractivity contribution is 6.35. The average molecular weight is 351 g/mol. The van der Waals surface area contributed by atoms with Gasteiger partial charge in [-0.25, -0.2) is 0 Å². The topological polar surface area (TPSA) is 60.5 Å². The van der Waals surface area contributed by atoms with E-state index in [0.717, 1.165) is 31.3 Å². The smallest absolute Gasteiger partial charge is 0.257 e. The van der Waals surface area contributed by atoms with Gasteiger partial charge in [0.2, 0.25) is 0 Å². The number of ether oxygens (including phenoxy) is 2. The zero-order valence-electron chi connectivity index (χ0n) is 13.9. The van der Waals surface area contributed by atoms with Gasteiger partial charge in [0.1, 0.15) is 11.3 Å². The van der Waals surface area contributed by atoms with E-state index in [9.17, 15) is 4.79 Å². The van der Waals surface area contributed by atoms with Gasteiger partial charge in [-0.3, -0.25) is 9.78 Å². The Morgan fingerprint density at radius 1 is 1.25 bits per heavy atom. The van der Waals surface area contributed by atoms with Crippen LogP contribution < -0.4 is 10.1 Å². The van der Waals surface area contributed by atoms with Crippen molar-refractivity contribution in [2.24, 2.45) is 0 Å². The highest BCUT2D eigenvalue weighted by Crippen LogP contribution is 2.29. The van der Waals surface area contributed by atoms with Gasteiger partial charge in [-0.1, -0.05) is 24.9 Å². The lowest BCUT2D eigenvalue weighted by Gasteiger charge is -2.10. The molecule has 0 aliphatic rings. The summed E-state index contributed by atoms with van der Waals surface area (Å²) in [5.41, 5.74) is 0.655. The van der Waals surface area contributed by atoms with Crippen LogP contribution in [-0.2, 0) is 9.53 Å². The number of hydrogen-bond donors (Lipinski definition) is 1. The second-order valence-electron chi connectivity index (χ2n) is 5.40. The van der Waals surface area contributed by atoms with Gasteiger partial charge in [0.25, 0.3) is 5.91 Å². The van der Waals surface area contributed by atoms with Crippen LogP contribution in [0.3, 0.4) is 0 Å². The Morgan fingerprint density at radius 3 is 2.92 bits per heavy atom. The molecule has 24 heavy (non-hydrogen) atoms. The van der Waals surface area contributed by atoms with Crippen molar-refractivity contribution in [3.8, 4) is 5.75 Å². The molecule has 0 unspecified atom stereocenters. The van der Waals surface area contributed by atoms with Gasteiger partial charge in [0.05, 0.1) is 5.02 Å². The maximum Gasteiger partial charge on any atom is 0.257 e. The first-order valence-electron chi connectivity index (χ1n) is 8.23. The van der Waals surface area contributed by atoms with E-state index in [1.54, 1.807) is 18.3 Å². The molecular weight excluding hydrogens is 328 g/mol. The molecule has 0 bridgehead atoms. The molecule has 0 saturated carbocycles. The van der Waals surface area contributed by atoms with Crippen molar-refractivity contribution in [3.05, 3.63) is 35.5 Å². The van der Waals surface area contributed by atoms with Crippen LogP contribution in [0.1, 0.15) is 26.2 Å². The number of aromatic nitrogens is 1. The van der Waals surface area contributed by atoms with Crippen molar-refractivity contribution in [1.29, 1.82) is 0 Å². The fraction of sp³-hybridized carbons (Fsp3) is 0.444. The third-order valence-electron chi connectivity index (χ3n) is 3.47. The number of rotatable bonds is 10. The van der Waals surface area contributed by atoms with Crippen LogP contribution in [0.5, 0.6) is 5.75 Å². The molecule has 0 spiro atoms. The van der Waals surface area contributed by atoms with Crippen LogP contribution in [0, 0.1) is 0 Å². The van der Waals surface area contributed by atoms with E-state index in [4.69, 9.17) is 21.1 Å². The first kappa shape index (κ1) is 18.5. The molecule has 5 nitrogen and oxygen atoms in total. The number of halogens is 1. The fourth-order valence-electron chi connectivity index (χ4n) is 2.17. The van der Waals surface area contributed by atoms with Gasteiger partial charge in [-0.05, 0) is 37.1 Å². The monoisotopic (exact) mass is 350 g/mol. The molecule has 1 N–H and O–H groups in total. The molecule has 1 amide bonds. The third-order valence-corrected chi connectivity index (χ3v) is 3.80. The minimum atomic E-state index is -0.164. The summed E-state index contributed by atoms with van der Waals surface area (Å²) in [6, 6.07) is 7.16. The number of nitrogens with one attached hydrogen (secondary N) is 1. The zero-order valence-corrected chi connectivity index (χ0v) is 14.6. The maximum atomic E-state index is 11.8. The molecule has 0 fully saturated rings. The van der Waals surface area contributed by atoms with E-state index < -0.39 is 0 Å². The Balaban J connectivity index is 1.74. The molecule has 2 rings (SSSR count). The van der Waals surface area contributed by atoms with Crippen LogP contribution >= 0.6 is 11.6 Å². The maximum absolute atomic E-state index is 11.8. The summed E-state index contributed by atoms with van der Waals surface area (Å²) in [7, 11) is 0. The molecule has 0 aliphatic carbocycles. The quantitative estimate of drug-likeness (QED) is 0.665. The molecule has 1 heterocycles. The van der Waals surface area contributed by atoms with Gasteiger partial charge in [-0.2, -0.15) is 0 Å². The standard InChI is InChI=1S/C18H23ClN2O3/c1-2-3-11-23-12-5-10-20-17(22)13-24-16-8-7-15(19)14-6-4-9-21-18(14)16/h4,6-9H,2-3,5,10-13H2,1H3,(H,20,22). The first-order valence-corrected chi connectivity index (χ1v) is 8.60. The van der Waals surface area contributed by atoms with Crippen LogP contribution in [0.2, 0.25) is 5.02 Å². The van der Waals surface area contributed by atoms with E-state index in [-0.39, 0.29) is 12.5 Å². The minimum Gasteiger partial charge on any atom is -0.481 e. The Hall–Kier alpha value is -1.85. The SMILES string of the molecule is CCCCOCCCNC(=O)COc1ccc(Cl)c2cccnc12. The van der Waals surface area contributed by atoms with E-state index in [1.807, 2.05) is 12.1 Å². The first-order chi connectivity index (χ1) is 11.7. The van der Waals surface area contributed by atoms with E-state index in [0.29, 0.717) is 29.4 Å². The summed E-state index contributed by atoms with van der Waals surface area (Å²) >= 11 is 6.13. The molecule has 1 aromatic carbocycles. The summed E-state index contributed by atoms with van der Waals surface area (Å²) in [6.45, 7) is 4.10. The van der Waals surface area contributed by atoms with Crippen molar-refractivity contribution in [2.45, 2.75) is 26.2 Å². The predicted octanol–water partition coefficient (Wildman–Crippen LogP) is 3.59. The highest BCUT2D eigenvalue weighted by Gasteiger charge is 2.08. The Morgan fingerprint density at radius 2 is 2.08 bits per heavy atom. The lowest BCUT2D eigenvalue weighted by Crippen LogP contribution is -2.30. The zero-order chi connectivity index (χ0) is 17.2. The molecular formula is C18H23ClN2O3. The molecule has 2 aromatic rings. The average Bonchev–Trinajstić information content (AvgIpc) is 2.60. The van der Waals surface area contributed by atoms with E-state index in [1.165, 1.54) is 0 Å². The van der Waals surface area contributed by atoms with Crippen LogP contribution in [0.15, 0.2) is 30.5 Å². The lowest BCUT2D eigenvalue weighted by molar-refractivity contribution is -0.123. The number of carbonyl (C=O) groups excluding carboxylic acids is 1. The van der Waals surface area contributed by atoms with Crippen LogP contribution in [0.4, 0.5) is 0 Å². The van der Waals surface area contributed by atoms with E-state index >= 15 is 0 Å². The van der Waals surface area contributed by atoms with Crippen molar-refractivity contribution in [2.75, 3.05) is 26.4 Å². The number of hydrogen-bond acceptors (Lipinski definition) is 4. The lowest BCUT2D eigenvalue weighted by atomic mass is 10.2. The molecule has 0 radical (unpaired) electrons. The second kappa shape index (κ2) is 10.1. The van der Waals surface area contributed by atoms with Gasteiger partial charge in [0.15, 0.2) is 6.61 Å². The van der Waals surface area contributed by atoms with E-state index in [2.05, 4.69) is 17.2 Å². The summed E-state index contributed by atoms with van der Waals surface area (Å²) < 4.78 is 11.0. The molecule has 0 aliphatic heterocycles. The van der Waals surface area contributed by atoms with Gasteiger partial charge in [-0.15, -0.1) is 0 Å². The van der Waals surface area contributed by atoms with Gasteiger partial charge < -0.3 is 14.8 Å². The number of carbonyl (C=O) groups is 1. The second-order valence-corrected chi connectivity index (χ2v) is 5.81. The highest BCUT2D eigenvalue weighted by atomic mass is 35.5. The largest absolute Gasteiger partial charge is 0.481 e. The Labute approximate surface area is 147 Å². The van der Waals surface area contributed by atoms with Crippen molar-refractivity contribution >= 4 is 28.4 Å². The number of amides is 1. The van der Waals surface area contributed by atoms with Crippen LogP contribution in [-0.4, -0.2) is 37.3 Å². The van der Waals surface area contributed by atoms with Gasteiger partial charge in [0, 0.05) is 31.3 Å².